The molecule has 150 valence electrons. The maximum absolute atomic E-state index is 12.3. The normalized spacial score (nSPS) is 10.9. The van der Waals surface area contributed by atoms with E-state index < -0.39 is 24.5 Å². The molecular weight excluding hydrogens is 450 g/mol. The minimum absolute atomic E-state index is 0.237. The van der Waals surface area contributed by atoms with Gasteiger partial charge in [-0.25, -0.2) is 9.59 Å². The number of ether oxygens (including phenoxy) is 2. The summed E-state index contributed by atoms with van der Waals surface area (Å²) in [4.78, 5) is 37.1. The second kappa shape index (κ2) is 10.2. The molecular formula is C19H20BrNO6S. The molecule has 0 aliphatic rings. The lowest BCUT2D eigenvalue weighted by atomic mass is 10.1. The molecule has 0 radical (unpaired) electrons. The fraction of sp³-hybridized carbons (Fsp3) is 0.316. The van der Waals surface area contributed by atoms with Gasteiger partial charge in [-0.3, -0.25) is 4.79 Å². The smallest absolute Gasteiger partial charge is 0.341 e. The third-order valence-corrected chi connectivity index (χ3v) is 5.11. The van der Waals surface area contributed by atoms with Crippen LogP contribution < -0.4 is 5.32 Å². The van der Waals surface area contributed by atoms with Crippen LogP contribution >= 0.6 is 27.3 Å². The molecule has 2 heterocycles. The van der Waals surface area contributed by atoms with Gasteiger partial charge >= 0.3 is 11.9 Å². The van der Waals surface area contributed by atoms with E-state index in [4.69, 9.17) is 13.9 Å². The van der Waals surface area contributed by atoms with Crippen LogP contribution in [0.1, 0.15) is 40.4 Å². The first kappa shape index (κ1) is 21.9. The average molecular weight is 470 g/mol. The highest BCUT2D eigenvalue weighted by atomic mass is 79.9. The van der Waals surface area contributed by atoms with Crippen molar-refractivity contribution >= 4 is 56.2 Å². The van der Waals surface area contributed by atoms with Gasteiger partial charge in [0.2, 0.25) is 0 Å². The zero-order valence-electron chi connectivity index (χ0n) is 15.7. The molecule has 28 heavy (non-hydrogen) atoms. The van der Waals surface area contributed by atoms with Crippen LogP contribution in [-0.4, -0.2) is 31.1 Å². The zero-order valence-corrected chi connectivity index (χ0v) is 18.1. The summed E-state index contributed by atoms with van der Waals surface area (Å²) in [5.74, 6) is -1.25. The molecule has 0 saturated carbocycles. The third-order valence-electron chi connectivity index (χ3n) is 3.62. The first-order chi connectivity index (χ1) is 13.3. The second-order valence-electron chi connectivity index (χ2n) is 5.55. The lowest BCUT2D eigenvalue weighted by molar-refractivity contribution is -0.142. The fourth-order valence-electron chi connectivity index (χ4n) is 2.43. The Morgan fingerprint density at radius 1 is 1.25 bits per heavy atom. The number of halogens is 1. The average Bonchev–Trinajstić information content (AvgIpc) is 3.20. The summed E-state index contributed by atoms with van der Waals surface area (Å²) in [6, 6.07) is 3.36. The van der Waals surface area contributed by atoms with Crippen LogP contribution in [0.4, 0.5) is 5.00 Å². The molecule has 2 aromatic heterocycles. The van der Waals surface area contributed by atoms with Gasteiger partial charge in [0.25, 0.3) is 5.91 Å². The number of aryl methyl sites for hydroxylation is 1. The van der Waals surface area contributed by atoms with E-state index in [1.54, 1.807) is 19.1 Å². The van der Waals surface area contributed by atoms with Gasteiger partial charge in [-0.2, -0.15) is 0 Å². The number of rotatable bonds is 8. The van der Waals surface area contributed by atoms with E-state index in [1.165, 1.54) is 17.4 Å². The van der Waals surface area contributed by atoms with E-state index in [-0.39, 0.29) is 6.61 Å². The number of carbonyl (C=O) groups excluding carboxylic acids is 3. The number of hydrogen-bond acceptors (Lipinski definition) is 7. The number of amides is 1. The highest BCUT2D eigenvalue weighted by Crippen LogP contribution is 2.34. The maximum Gasteiger partial charge on any atom is 0.341 e. The van der Waals surface area contributed by atoms with E-state index in [0.29, 0.717) is 27.4 Å². The molecule has 0 spiro atoms. The molecule has 1 N–H and O–H groups in total. The monoisotopic (exact) mass is 469 g/mol. The van der Waals surface area contributed by atoms with E-state index in [9.17, 15) is 14.4 Å². The number of anilines is 1. The van der Waals surface area contributed by atoms with Crippen molar-refractivity contribution in [2.45, 2.75) is 27.2 Å². The van der Waals surface area contributed by atoms with Crippen LogP contribution in [0.2, 0.25) is 0 Å². The van der Waals surface area contributed by atoms with E-state index in [0.717, 1.165) is 16.5 Å². The van der Waals surface area contributed by atoms with Crippen molar-refractivity contribution in [3.05, 3.63) is 44.6 Å². The van der Waals surface area contributed by atoms with E-state index >= 15 is 0 Å². The largest absolute Gasteiger partial charge is 0.462 e. The summed E-state index contributed by atoms with van der Waals surface area (Å²) in [5.41, 5.74) is 1.19. The van der Waals surface area contributed by atoms with Crippen molar-refractivity contribution in [2.24, 2.45) is 0 Å². The molecule has 0 aromatic carbocycles. The Morgan fingerprint density at radius 2 is 2.00 bits per heavy atom. The topological polar surface area (TPSA) is 94.8 Å². The van der Waals surface area contributed by atoms with Crippen LogP contribution in [0.25, 0.3) is 6.08 Å². The second-order valence-corrected chi connectivity index (χ2v) is 7.55. The van der Waals surface area contributed by atoms with Gasteiger partial charge in [0.1, 0.15) is 10.8 Å². The van der Waals surface area contributed by atoms with Gasteiger partial charge in [0.15, 0.2) is 11.3 Å². The number of carbonyl (C=O) groups is 3. The van der Waals surface area contributed by atoms with Crippen molar-refractivity contribution in [3.8, 4) is 0 Å². The minimum atomic E-state index is -0.690. The van der Waals surface area contributed by atoms with Gasteiger partial charge in [-0.15, -0.1) is 11.3 Å². The van der Waals surface area contributed by atoms with E-state index in [2.05, 4.69) is 21.2 Å². The van der Waals surface area contributed by atoms with Crippen LogP contribution in [0.15, 0.2) is 27.3 Å². The molecule has 2 rings (SSSR count). The van der Waals surface area contributed by atoms with Crippen LogP contribution in [0, 0.1) is 6.92 Å². The Hall–Kier alpha value is -2.39. The van der Waals surface area contributed by atoms with E-state index in [1.807, 2.05) is 13.8 Å². The predicted octanol–water partition coefficient (Wildman–Crippen LogP) is 4.35. The lowest BCUT2D eigenvalue weighted by Gasteiger charge is -2.08. The molecule has 0 aliphatic heterocycles. The molecule has 9 heteroatoms. The summed E-state index contributed by atoms with van der Waals surface area (Å²) in [5, 5.41) is 3.02. The SMILES string of the molecule is CCOC(=O)c1c(NC(=O)COC(=O)C=Cc2ccc(Br)o2)sc(C)c1CC. The third kappa shape index (κ3) is 5.80. The first-order valence-corrected chi connectivity index (χ1v) is 10.2. The Balaban J connectivity index is 1.98. The first-order valence-electron chi connectivity index (χ1n) is 8.55. The van der Waals surface area contributed by atoms with Crippen molar-refractivity contribution in [3.63, 3.8) is 0 Å². The summed E-state index contributed by atoms with van der Waals surface area (Å²) < 4.78 is 15.8. The molecule has 0 atom stereocenters. The number of furan rings is 1. The molecule has 0 aliphatic carbocycles. The predicted molar refractivity (Wildman–Crippen MR) is 109 cm³/mol. The highest BCUT2D eigenvalue weighted by Gasteiger charge is 2.23. The summed E-state index contributed by atoms with van der Waals surface area (Å²) in [6.07, 6.45) is 3.22. The van der Waals surface area contributed by atoms with Crippen LogP contribution in [0.5, 0.6) is 0 Å². The summed E-state index contributed by atoms with van der Waals surface area (Å²) >= 11 is 4.44. The van der Waals surface area contributed by atoms with Crippen molar-refractivity contribution in [1.82, 2.24) is 0 Å². The molecule has 0 bridgehead atoms. The number of thiophene rings is 1. The summed E-state index contributed by atoms with van der Waals surface area (Å²) in [7, 11) is 0. The quantitative estimate of drug-likeness (QED) is 0.456. The molecule has 1 amide bonds. The van der Waals surface area contributed by atoms with Crippen LogP contribution in [0.3, 0.4) is 0 Å². The number of nitrogens with one attached hydrogen (secondary N) is 1. The van der Waals surface area contributed by atoms with Crippen LogP contribution in [-0.2, 0) is 25.5 Å². The molecule has 0 unspecified atom stereocenters. The Kier molecular flexibility index (Phi) is 8.01. The number of hydrogen-bond donors (Lipinski definition) is 1. The van der Waals surface area contributed by atoms with Gasteiger partial charge < -0.3 is 19.2 Å². The Labute approximate surface area is 174 Å². The standard InChI is InChI=1S/C19H20BrNO6S/c1-4-13-11(3)28-18(17(13)19(24)25-5-2)21-15(22)10-26-16(23)9-7-12-6-8-14(20)27-12/h6-9H,4-5,10H2,1-3H3,(H,21,22). The summed E-state index contributed by atoms with van der Waals surface area (Å²) in [6.45, 7) is 5.27. The fourth-order valence-corrected chi connectivity index (χ4v) is 3.90. The Bertz CT molecular complexity index is 898. The molecule has 2 aromatic rings. The highest BCUT2D eigenvalue weighted by molar-refractivity contribution is 9.10. The van der Waals surface area contributed by atoms with Crippen molar-refractivity contribution in [1.29, 1.82) is 0 Å². The lowest BCUT2D eigenvalue weighted by Crippen LogP contribution is -2.21. The van der Waals surface area contributed by atoms with Gasteiger partial charge in [0.05, 0.1) is 12.2 Å². The molecule has 7 nitrogen and oxygen atoms in total. The van der Waals surface area contributed by atoms with Crippen molar-refractivity contribution < 1.29 is 28.3 Å². The molecule has 0 fully saturated rings. The molecule has 0 saturated heterocycles. The zero-order chi connectivity index (χ0) is 20.7. The van der Waals surface area contributed by atoms with Crippen molar-refractivity contribution in [2.75, 3.05) is 18.5 Å². The minimum Gasteiger partial charge on any atom is -0.462 e. The van der Waals surface area contributed by atoms with Gasteiger partial charge in [-0.05, 0) is 60.0 Å². The number of esters is 2. The van der Waals surface area contributed by atoms with Gasteiger partial charge in [-0.1, -0.05) is 6.92 Å². The maximum atomic E-state index is 12.3. The van der Waals surface area contributed by atoms with Gasteiger partial charge in [0, 0.05) is 11.0 Å². The Morgan fingerprint density at radius 3 is 2.61 bits per heavy atom.